The van der Waals surface area contributed by atoms with Crippen LogP contribution in [-0.2, 0) is 4.79 Å². The molecule has 3 aromatic rings. The summed E-state index contributed by atoms with van der Waals surface area (Å²) in [5.74, 6) is -0.999. The van der Waals surface area contributed by atoms with E-state index in [2.05, 4.69) is 10.1 Å². The van der Waals surface area contributed by atoms with Crippen LogP contribution in [0.2, 0.25) is 0 Å². The SMILES string of the molecule is COc1ccc(C(C(C(=O)O)c2ccccc2)n2cncn2)cc1. The van der Waals surface area contributed by atoms with Crippen molar-refractivity contribution in [2.75, 3.05) is 7.11 Å². The van der Waals surface area contributed by atoms with Crippen LogP contribution >= 0.6 is 0 Å². The number of hydrogen-bond donors (Lipinski definition) is 1. The molecule has 1 heterocycles. The highest BCUT2D eigenvalue weighted by Gasteiger charge is 2.33. The lowest BCUT2D eigenvalue weighted by Gasteiger charge is -2.25. The second-order valence-electron chi connectivity index (χ2n) is 5.32. The van der Waals surface area contributed by atoms with Crippen LogP contribution in [0.1, 0.15) is 23.1 Å². The summed E-state index contributed by atoms with van der Waals surface area (Å²) in [5.41, 5.74) is 1.53. The predicted molar refractivity (Wildman–Crippen MR) is 88.0 cm³/mol. The number of carboxylic acid groups (broad SMARTS) is 1. The molecule has 6 nitrogen and oxygen atoms in total. The van der Waals surface area contributed by atoms with Gasteiger partial charge in [0.05, 0.1) is 13.2 Å². The van der Waals surface area contributed by atoms with Crippen LogP contribution in [0.4, 0.5) is 0 Å². The van der Waals surface area contributed by atoms with Crippen molar-refractivity contribution in [1.29, 1.82) is 0 Å². The second-order valence-corrected chi connectivity index (χ2v) is 5.32. The van der Waals surface area contributed by atoms with Crippen LogP contribution in [0.25, 0.3) is 0 Å². The first-order chi connectivity index (χ1) is 11.7. The molecular weight excluding hydrogens is 306 g/mol. The van der Waals surface area contributed by atoms with Gasteiger partial charge in [0.1, 0.15) is 24.3 Å². The van der Waals surface area contributed by atoms with Gasteiger partial charge in [-0.3, -0.25) is 4.79 Å². The predicted octanol–water partition coefficient (Wildman–Crippen LogP) is 2.74. The van der Waals surface area contributed by atoms with Crippen LogP contribution < -0.4 is 4.74 Å². The van der Waals surface area contributed by atoms with Crippen LogP contribution in [-0.4, -0.2) is 33.0 Å². The Bertz CT molecular complexity index is 786. The van der Waals surface area contributed by atoms with Gasteiger partial charge >= 0.3 is 5.97 Å². The van der Waals surface area contributed by atoms with E-state index in [0.29, 0.717) is 11.3 Å². The Balaban J connectivity index is 2.10. The van der Waals surface area contributed by atoms with Crippen LogP contribution in [0, 0.1) is 0 Å². The number of rotatable bonds is 6. The summed E-state index contributed by atoms with van der Waals surface area (Å²) in [6.07, 6.45) is 2.94. The number of carbonyl (C=O) groups is 1. The molecule has 24 heavy (non-hydrogen) atoms. The van der Waals surface area contributed by atoms with Crippen molar-refractivity contribution < 1.29 is 14.6 Å². The number of ether oxygens (including phenoxy) is 1. The molecule has 0 amide bonds. The Hall–Kier alpha value is -3.15. The van der Waals surface area contributed by atoms with Gasteiger partial charge in [-0.1, -0.05) is 42.5 Å². The molecule has 1 aromatic heterocycles. The summed E-state index contributed by atoms with van der Waals surface area (Å²) in [6.45, 7) is 0. The van der Waals surface area contributed by atoms with Gasteiger partial charge in [-0.2, -0.15) is 5.10 Å². The van der Waals surface area contributed by atoms with Gasteiger partial charge in [0.25, 0.3) is 0 Å². The molecule has 0 radical (unpaired) electrons. The van der Waals surface area contributed by atoms with Crippen LogP contribution in [0.15, 0.2) is 67.3 Å². The summed E-state index contributed by atoms with van der Waals surface area (Å²) < 4.78 is 6.76. The third-order valence-electron chi connectivity index (χ3n) is 3.92. The minimum absolute atomic E-state index is 0.515. The van der Waals surface area contributed by atoms with E-state index in [1.807, 2.05) is 54.6 Å². The van der Waals surface area contributed by atoms with Crippen molar-refractivity contribution in [3.8, 4) is 5.75 Å². The Labute approximate surface area is 139 Å². The van der Waals surface area contributed by atoms with Crippen LogP contribution in [0.5, 0.6) is 5.75 Å². The summed E-state index contributed by atoms with van der Waals surface area (Å²) in [5, 5.41) is 14.0. The first-order valence-corrected chi connectivity index (χ1v) is 7.46. The van der Waals surface area contributed by atoms with E-state index in [0.717, 1.165) is 5.56 Å². The number of aromatic nitrogens is 3. The van der Waals surface area contributed by atoms with E-state index in [-0.39, 0.29) is 0 Å². The minimum atomic E-state index is -0.919. The molecule has 0 spiro atoms. The van der Waals surface area contributed by atoms with Crippen molar-refractivity contribution in [1.82, 2.24) is 14.8 Å². The highest BCUT2D eigenvalue weighted by Crippen LogP contribution is 2.34. The van der Waals surface area contributed by atoms with Gasteiger partial charge in [0.2, 0.25) is 0 Å². The van der Waals surface area contributed by atoms with Crippen molar-refractivity contribution >= 4 is 5.97 Å². The number of aliphatic carboxylic acids is 1. The fourth-order valence-electron chi connectivity index (χ4n) is 2.78. The monoisotopic (exact) mass is 323 g/mol. The Morgan fingerprint density at radius 3 is 2.33 bits per heavy atom. The average Bonchev–Trinajstić information content (AvgIpc) is 3.14. The topological polar surface area (TPSA) is 77.2 Å². The zero-order chi connectivity index (χ0) is 16.9. The van der Waals surface area contributed by atoms with Crippen LogP contribution in [0.3, 0.4) is 0 Å². The van der Waals surface area contributed by atoms with E-state index >= 15 is 0 Å². The highest BCUT2D eigenvalue weighted by molar-refractivity contribution is 5.77. The number of carboxylic acids is 1. The summed E-state index contributed by atoms with van der Waals surface area (Å²) in [6, 6.07) is 16.0. The maximum Gasteiger partial charge on any atom is 0.313 e. The Morgan fingerprint density at radius 2 is 1.79 bits per heavy atom. The van der Waals surface area contributed by atoms with Crippen molar-refractivity contribution in [3.05, 3.63) is 78.4 Å². The first kappa shape index (κ1) is 15.7. The van der Waals surface area contributed by atoms with Gasteiger partial charge in [-0.15, -0.1) is 0 Å². The highest BCUT2D eigenvalue weighted by atomic mass is 16.5. The third kappa shape index (κ3) is 3.12. The molecular formula is C18H17N3O3. The fraction of sp³-hybridized carbons (Fsp3) is 0.167. The molecule has 0 aliphatic rings. The zero-order valence-corrected chi connectivity index (χ0v) is 13.1. The molecule has 3 rings (SSSR count). The second kappa shape index (κ2) is 6.95. The van der Waals surface area contributed by atoms with Gasteiger partial charge in [0.15, 0.2) is 0 Å². The van der Waals surface area contributed by atoms with Crippen molar-refractivity contribution in [2.45, 2.75) is 12.0 Å². The quantitative estimate of drug-likeness (QED) is 0.755. The lowest BCUT2D eigenvalue weighted by atomic mass is 9.87. The molecule has 6 heteroatoms. The number of benzene rings is 2. The molecule has 0 saturated heterocycles. The fourth-order valence-corrected chi connectivity index (χ4v) is 2.78. The first-order valence-electron chi connectivity index (χ1n) is 7.46. The lowest BCUT2D eigenvalue weighted by Crippen LogP contribution is -2.26. The van der Waals surface area contributed by atoms with E-state index < -0.39 is 17.9 Å². The summed E-state index contributed by atoms with van der Waals surface area (Å²) in [4.78, 5) is 16.0. The largest absolute Gasteiger partial charge is 0.497 e. The van der Waals surface area contributed by atoms with Gasteiger partial charge in [-0.25, -0.2) is 9.67 Å². The zero-order valence-electron chi connectivity index (χ0n) is 13.1. The Kier molecular flexibility index (Phi) is 4.56. The third-order valence-corrected chi connectivity index (χ3v) is 3.92. The van der Waals surface area contributed by atoms with E-state index in [1.54, 1.807) is 11.8 Å². The Morgan fingerprint density at radius 1 is 1.08 bits per heavy atom. The van der Waals surface area contributed by atoms with Gasteiger partial charge < -0.3 is 9.84 Å². The maximum absolute atomic E-state index is 12.0. The molecule has 1 N–H and O–H groups in total. The molecule has 0 aliphatic carbocycles. The summed E-state index contributed by atoms with van der Waals surface area (Å²) in [7, 11) is 1.59. The molecule has 0 bridgehead atoms. The molecule has 0 fully saturated rings. The number of methoxy groups -OCH3 is 1. The molecule has 2 unspecified atom stereocenters. The normalized spacial score (nSPS) is 13.2. The lowest BCUT2D eigenvalue weighted by molar-refractivity contribution is -0.139. The number of nitrogens with zero attached hydrogens (tertiary/aromatic N) is 3. The van der Waals surface area contributed by atoms with Gasteiger partial charge in [0, 0.05) is 0 Å². The van der Waals surface area contributed by atoms with Crippen molar-refractivity contribution in [3.63, 3.8) is 0 Å². The smallest absolute Gasteiger partial charge is 0.313 e. The van der Waals surface area contributed by atoms with Crippen molar-refractivity contribution in [2.24, 2.45) is 0 Å². The summed E-state index contributed by atoms with van der Waals surface area (Å²) >= 11 is 0. The molecule has 0 saturated carbocycles. The maximum atomic E-state index is 12.0. The molecule has 0 aliphatic heterocycles. The van der Waals surface area contributed by atoms with E-state index in [9.17, 15) is 9.90 Å². The number of hydrogen-bond acceptors (Lipinski definition) is 4. The molecule has 122 valence electrons. The van der Waals surface area contributed by atoms with E-state index in [4.69, 9.17) is 4.74 Å². The minimum Gasteiger partial charge on any atom is -0.497 e. The standard InChI is InChI=1S/C18H17N3O3/c1-24-15-9-7-14(8-10-15)17(21-12-19-11-20-21)16(18(22)23)13-5-3-2-4-6-13/h2-12,16-17H,1H3,(H,22,23). The average molecular weight is 323 g/mol. The van der Waals surface area contributed by atoms with Gasteiger partial charge in [-0.05, 0) is 23.3 Å². The molecule has 2 atom stereocenters. The van der Waals surface area contributed by atoms with E-state index in [1.165, 1.54) is 12.7 Å². The molecule has 2 aromatic carbocycles.